The Morgan fingerprint density at radius 2 is 1.97 bits per heavy atom. The van der Waals surface area contributed by atoms with E-state index in [4.69, 9.17) is 11.6 Å². The van der Waals surface area contributed by atoms with Crippen molar-refractivity contribution >= 4 is 40.3 Å². The van der Waals surface area contributed by atoms with Gasteiger partial charge in [0.05, 0.1) is 34.8 Å². The van der Waals surface area contributed by atoms with Gasteiger partial charge in [0, 0.05) is 49.7 Å². The molecule has 9 nitrogen and oxygen atoms in total. The van der Waals surface area contributed by atoms with Gasteiger partial charge in [0.25, 0.3) is 0 Å². The summed E-state index contributed by atoms with van der Waals surface area (Å²) in [5.74, 6) is 1.07. The van der Waals surface area contributed by atoms with Crippen LogP contribution < -0.4 is 5.32 Å². The van der Waals surface area contributed by atoms with Gasteiger partial charge in [0.15, 0.2) is 0 Å². The number of fused-ring (bicyclic) bond motifs is 1. The largest absolute Gasteiger partial charge is 0.340 e. The Morgan fingerprint density at radius 1 is 1.16 bits per heavy atom. The molecule has 37 heavy (non-hydrogen) atoms. The van der Waals surface area contributed by atoms with Gasteiger partial charge in [0.2, 0.25) is 11.9 Å². The van der Waals surface area contributed by atoms with E-state index in [2.05, 4.69) is 42.1 Å². The number of piperazine rings is 1. The molecule has 1 fully saturated rings. The van der Waals surface area contributed by atoms with E-state index in [1.165, 1.54) is 6.33 Å². The van der Waals surface area contributed by atoms with Crippen molar-refractivity contribution in [1.82, 2.24) is 34.7 Å². The fourth-order valence-electron chi connectivity index (χ4n) is 4.61. The first-order valence-corrected chi connectivity index (χ1v) is 12.6. The van der Waals surface area contributed by atoms with Crippen LogP contribution in [0, 0.1) is 6.92 Å². The minimum Gasteiger partial charge on any atom is -0.340 e. The zero-order valence-electron chi connectivity index (χ0n) is 20.7. The fourth-order valence-corrected chi connectivity index (χ4v) is 4.91. The standard InChI is InChI=1S/C26H28ClFN8O/c1-16-13-21(31-15-30-16)19-3-4-20-25(24(19)27)34-26(32-20)33-22-14-18(6-8-29-22)17(2)35-9-11-36(12-10-35)23(37)5-7-28/h3-4,6,8,13-15,17H,5,7,9-12H2,1-2H3,(H2,29,32,33,34). The van der Waals surface area contributed by atoms with Crippen molar-refractivity contribution in [3.63, 3.8) is 0 Å². The Balaban J connectivity index is 1.30. The lowest BCUT2D eigenvalue weighted by atomic mass is 10.1. The third-order valence-corrected chi connectivity index (χ3v) is 7.10. The summed E-state index contributed by atoms with van der Waals surface area (Å²) in [5.41, 5.74) is 4.95. The Kier molecular flexibility index (Phi) is 7.29. The molecule has 1 amide bonds. The van der Waals surface area contributed by atoms with Gasteiger partial charge in [-0.15, -0.1) is 0 Å². The number of pyridine rings is 1. The molecule has 11 heteroatoms. The topological polar surface area (TPSA) is 103 Å². The highest BCUT2D eigenvalue weighted by atomic mass is 35.5. The molecule has 1 aliphatic heterocycles. The van der Waals surface area contributed by atoms with E-state index >= 15 is 0 Å². The van der Waals surface area contributed by atoms with Crippen LogP contribution in [-0.2, 0) is 4.79 Å². The molecule has 0 aliphatic carbocycles. The molecule has 4 heterocycles. The lowest BCUT2D eigenvalue weighted by Gasteiger charge is -2.38. The van der Waals surface area contributed by atoms with Crippen molar-refractivity contribution in [3.8, 4) is 11.3 Å². The quantitative estimate of drug-likeness (QED) is 0.363. The normalized spacial score (nSPS) is 15.2. The molecule has 1 saturated heterocycles. The van der Waals surface area contributed by atoms with Crippen LogP contribution in [0.25, 0.3) is 22.3 Å². The monoisotopic (exact) mass is 522 g/mol. The number of aromatic nitrogens is 5. The van der Waals surface area contributed by atoms with E-state index < -0.39 is 6.67 Å². The van der Waals surface area contributed by atoms with E-state index in [-0.39, 0.29) is 18.4 Å². The van der Waals surface area contributed by atoms with Gasteiger partial charge in [-0.1, -0.05) is 11.6 Å². The van der Waals surface area contributed by atoms with Crippen LogP contribution in [0.5, 0.6) is 0 Å². The fraction of sp³-hybridized carbons (Fsp3) is 0.346. The summed E-state index contributed by atoms with van der Waals surface area (Å²) in [6.07, 6.45) is 3.25. The van der Waals surface area contributed by atoms with Crippen molar-refractivity contribution < 1.29 is 9.18 Å². The number of hydrogen-bond donors (Lipinski definition) is 2. The van der Waals surface area contributed by atoms with Gasteiger partial charge < -0.3 is 15.2 Å². The summed E-state index contributed by atoms with van der Waals surface area (Å²) in [6.45, 7) is 6.12. The number of anilines is 2. The number of halogens is 2. The molecule has 1 aromatic carbocycles. The van der Waals surface area contributed by atoms with Crippen molar-refractivity contribution in [3.05, 3.63) is 59.1 Å². The number of H-pyrrole nitrogens is 1. The Labute approximate surface area is 219 Å². The minimum atomic E-state index is -0.609. The predicted molar refractivity (Wildman–Crippen MR) is 142 cm³/mol. The number of nitrogens with one attached hydrogen (secondary N) is 2. The second kappa shape index (κ2) is 10.8. The highest BCUT2D eigenvalue weighted by Gasteiger charge is 2.25. The van der Waals surface area contributed by atoms with Crippen molar-refractivity contribution in [2.45, 2.75) is 26.3 Å². The van der Waals surface area contributed by atoms with Crippen LogP contribution in [0.15, 0.2) is 42.9 Å². The molecule has 0 saturated carbocycles. The van der Waals surface area contributed by atoms with Crippen molar-refractivity contribution in [2.24, 2.45) is 0 Å². The van der Waals surface area contributed by atoms with Gasteiger partial charge in [0.1, 0.15) is 12.1 Å². The van der Waals surface area contributed by atoms with Gasteiger partial charge in [-0.05, 0) is 49.7 Å². The highest BCUT2D eigenvalue weighted by molar-refractivity contribution is 6.37. The SMILES string of the molecule is Cc1cc(-c2ccc3nc(Nc4cc(C(C)N5CCN(C(=O)CCF)CC5)ccn4)[nH]c3c2Cl)ncn1. The summed E-state index contributed by atoms with van der Waals surface area (Å²) in [5, 5.41) is 3.79. The number of rotatable bonds is 7. The van der Waals surface area contributed by atoms with Crippen molar-refractivity contribution in [1.29, 1.82) is 0 Å². The highest BCUT2D eigenvalue weighted by Crippen LogP contribution is 2.33. The van der Waals surface area contributed by atoms with Crippen LogP contribution >= 0.6 is 11.6 Å². The van der Waals surface area contributed by atoms with Crippen molar-refractivity contribution in [2.75, 3.05) is 38.2 Å². The number of imidazole rings is 1. The van der Waals surface area contributed by atoms with Gasteiger partial charge >= 0.3 is 0 Å². The van der Waals surface area contributed by atoms with Gasteiger partial charge in [-0.3, -0.25) is 14.1 Å². The molecular formula is C26H28ClFN8O. The molecule has 1 atom stereocenters. The first-order chi connectivity index (χ1) is 17.9. The zero-order chi connectivity index (χ0) is 25.9. The number of carbonyl (C=O) groups is 1. The van der Waals surface area contributed by atoms with Gasteiger partial charge in [-0.25, -0.2) is 19.9 Å². The number of aryl methyl sites for hydroxylation is 1. The Morgan fingerprint density at radius 3 is 2.73 bits per heavy atom. The summed E-state index contributed by atoms with van der Waals surface area (Å²) in [7, 11) is 0. The molecule has 4 aromatic rings. The van der Waals surface area contributed by atoms with E-state index in [0.717, 1.165) is 41.1 Å². The third-order valence-electron chi connectivity index (χ3n) is 6.71. The number of aromatic amines is 1. The van der Waals surface area contributed by atoms with E-state index in [9.17, 15) is 9.18 Å². The van der Waals surface area contributed by atoms with E-state index in [1.54, 1.807) is 11.1 Å². The number of alkyl halides is 1. The van der Waals surface area contributed by atoms with Crippen LogP contribution in [0.4, 0.5) is 16.2 Å². The molecule has 192 valence electrons. The average molecular weight is 523 g/mol. The molecule has 3 aromatic heterocycles. The molecule has 1 aliphatic rings. The minimum absolute atomic E-state index is 0.0381. The molecule has 0 spiro atoms. The average Bonchev–Trinajstić information content (AvgIpc) is 3.32. The molecule has 1 unspecified atom stereocenters. The van der Waals surface area contributed by atoms with Crippen LogP contribution in [0.2, 0.25) is 5.02 Å². The maximum absolute atomic E-state index is 12.5. The Hall–Kier alpha value is -3.63. The maximum atomic E-state index is 12.5. The van der Waals surface area contributed by atoms with E-state index in [1.807, 2.05) is 37.3 Å². The number of benzene rings is 1. The zero-order valence-corrected chi connectivity index (χ0v) is 21.5. The summed E-state index contributed by atoms with van der Waals surface area (Å²) in [4.78, 5) is 36.9. The lowest BCUT2D eigenvalue weighted by molar-refractivity contribution is -0.133. The van der Waals surface area contributed by atoms with Crippen LogP contribution in [0.1, 0.15) is 30.6 Å². The van der Waals surface area contributed by atoms with Gasteiger partial charge in [-0.2, -0.15) is 0 Å². The molecule has 0 radical (unpaired) electrons. The first kappa shape index (κ1) is 25.0. The second-order valence-corrected chi connectivity index (χ2v) is 9.46. The number of amides is 1. The predicted octanol–water partition coefficient (Wildman–Crippen LogP) is 4.69. The van der Waals surface area contributed by atoms with E-state index in [0.29, 0.717) is 35.4 Å². The summed E-state index contributed by atoms with van der Waals surface area (Å²) >= 11 is 6.72. The summed E-state index contributed by atoms with van der Waals surface area (Å²) < 4.78 is 12.5. The molecular weight excluding hydrogens is 495 g/mol. The number of nitrogens with zero attached hydrogens (tertiary/aromatic N) is 6. The van der Waals surface area contributed by atoms with Crippen LogP contribution in [-0.4, -0.2) is 73.5 Å². The smallest absolute Gasteiger partial charge is 0.225 e. The molecule has 0 bridgehead atoms. The summed E-state index contributed by atoms with van der Waals surface area (Å²) in [6, 6.07) is 9.81. The number of hydrogen-bond acceptors (Lipinski definition) is 7. The second-order valence-electron chi connectivity index (χ2n) is 9.08. The maximum Gasteiger partial charge on any atom is 0.225 e. The van der Waals surface area contributed by atoms with Crippen LogP contribution in [0.3, 0.4) is 0 Å². The first-order valence-electron chi connectivity index (χ1n) is 12.2. The molecule has 2 N–H and O–H groups in total. The molecule has 5 rings (SSSR count). The third kappa shape index (κ3) is 5.40. The Bertz CT molecular complexity index is 1420. The number of carbonyl (C=O) groups excluding carboxylic acids is 1. The lowest BCUT2D eigenvalue weighted by Crippen LogP contribution is -2.49.